The Labute approximate surface area is 132 Å². The lowest BCUT2D eigenvalue weighted by atomic mass is 10.2. The van der Waals surface area contributed by atoms with E-state index in [4.69, 9.17) is 39.5 Å². The van der Waals surface area contributed by atoms with Crippen molar-refractivity contribution < 1.29 is 4.74 Å². The summed E-state index contributed by atoms with van der Waals surface area (Å²) in [6, 6.07) is 7.12. The quantitative estimate of drug-likeness (QED) is 0.609. The van der Waals surface area contributed by atoms with Gasteiger partial charge in [0.1, 0.15) is 12.4 Å². The van der Waals surface area contributed by atoms with E-state index in [0.717, 1.165) is 11.1 Å². The molecule has 0 N–H and O–H groups in total. The maximum Gasteiger partial charge on any atom is 0.139 e. The van der Waals surface area contributed by atoms with Crippen LogP contribution in [0.3, 0.4) is 0 Å². The molecule has 2 nitrogen and oxygen atoms in total. The zero-order valence-electron chi connectivity index (χ0n) is 10.4. The van der Waals surface area contributed by atoms with Crippen molar-refractivity contribution in [3.05, 3.63) is 57.8 Å². The van der Waals surface area contributed by atoms with Gasteiger partial charge in [0, 0.05) is 27.4 Å². The van der Waals surface area contributed by atoms with Crippen molar-refractivity contribution in [1.29, 1.82) is 0 Å². The molecule has 2 rings (SSSR count). The first-order valence-electron chi connectivity index (χ1n) is 5.76. The molecule has 0 fully saturated rings. The third-order valence-electron chi connectivity index (χ3n) is 2.46. The fraction of sp³-hybridized carbons (Fsp3) is 0.133. The van der Waals surface area contributed by atoms with Crippen LogP contribution in [0.2, 0.25) is 10.0 Å². The van der Waals surface area contributed by atoms with E-state index in [1.165, 1.54) is 0 Å². The minimum atomic E-state index is 0.270. The van der Waals surface area contributed by atoms with Crippen LogP contribution in [0.25, 0.3) is 0 Å². The van der Waals surface area contributed by atoms with Crippen LogP contribution in [0.4, 0.5) is 0 Å². The van der Waals surface area contributed by atoms with Crippen LogP contribution >= 0.6 is 34.8 Å². The van der Waals surface area contributed by atoms with Gasteiger partial charge < -0.3 is 4.74 Å². The molecular weight excluding hydrogens is 317 g/mol. The standard InChI is InChI=1S/C15H10Cl3NO/c16-6-2-3-11-7-12(9-19-8-11)20-10-13-14(17)4-1-5-15(13)18/h1,4-5,7-9H,6,10H2. The molecule has 2 aromatic rings. The molecule has 0 bridgehead atoms. The summed E-state index contributed by atoms with van der Waals surface area (Å²) in [6.45, 7) is 0.270. The highest BCUT2D eigenvalue weighted by atomic mass is 35.5. The molecule has 0 spiro atoms. The predicted molar refractivity (Wildman–Crippen MR) is 82.6 cm³/mol. The number of rotatable bonds is 3. The fourth-order valence-corrected chi connectivity index (χ4v) is 2.10. The molecule has 0 aliphatic heterocycles. The first-order chi connectivity index (χ1) is 9.70. The van der Waals surface area contributed by atoms with Gasteiger partial charge in [-0.15, -0.1) is 11.6 Å². The van der Waals surface area contributed by atoms with Gasteiger partial charge in [-0.3, -0.25) is 4.98 Å². The van der Waals surface area contributed by atoms with E-state index in [0.29, 0.717) is 15.8 Å². The van der Waals surface area contributed by atoms with Gasteiger partial charge in [-0.25, -0.2) is 0 Å². The van der Waals surface area contributed by atoms with Crippen LogP contribution in [-0.4, -0.2) is 10.9 Å². The smallest absolute Gasteiger partial charge is 0.139 e. The molecule has 1 heterocycles. The molecule has 0 unspecified atom stereocenters. The molecular formula is C15H10Cl3NO. The van der Waals surface area contributed by atoms with Crippen LogP contribution in [-0.2, 0) is 6.61 Å². The second-order valence-corrected chi connectivity index (χ2v) is 4.92. The van der Waals surface area contributed by atoms with E-state index in [-0.39, 0.29) is 12.5 Å². The molecule has 1 aromatic carbocycles. The second-order valence-electron chi connectivity index (χ2n) is 3.83. The Kier molecular flexibility index (Phi) is 5.55. The molecule has 0 radical (unpaired) electrons. The summed E-state index contributed by atoms with van der Waals surface area (Å²) in [5.74, 6) is 6.52. The van der Waals surface area contributed by atoms with Gasteiger partial charge in [0.05, 0.1) is 12.1 Å². The lowest BCUT2D eigenvalue weighted by Crippen LogP contribution is -1.98. The highest BCUT2D eigenvalue weighted by Gasteiger charge is 2.06. The van der Waals surface area contributed by atoms with Gasteiger partial charge in [-0.1, -0.05) is 41.1 Å². The average molecular weight is 327 g/mol. The SMILES string of the molecule is ClCC#Cc1cncc(OCc2c(Cl)cccc2Cl)c1. The maximum atomic E-state index is 6.08. The molecule has 0 atom stereocenters. The Balaban J connectivity index is 2.11. The predicted octanol–water partition coefficient (Wildman–Crippen LogP) is 4.56. The van der Waals surface area contributed by atoms with E-state index in [1.54, 1.807) is 36.7 Å². The Morgan fingerprint density at radius 2 is 1.90 bits per heavy atom. The Morgan fingerprint density at radius 1 is 1.15 bits per heavy atom. The van der Waals surface area contributed by atoms with E-state index < -0.39 is 0 Å². The van der Waals surface area contributed by atoms with Crippen molar-refractivity contribution in [2.45, 2.75) is 6.61 Å². The summed E-state index contributed by atoms with van der Waals surface area (Å²) in [5.41, 5.74) is 1.49. The number of pyridine rings is 1. The number of nitrogens with zero attached hydrogens (tertiary/aromatic N) is 1. The monoisotopic (exact) mass is 325 g/mol. The van der Waals surface area contributed by atoms with Crippen LogP contribution in [0.1, 0.15) is 11.1 Å². The molecule has 0 aliphatic carbocycles. The molecule has 20 heavy (non-hydrogen) atoms. The third-order valence-corrected chi connectivity index (χ3v) is 3.30. The highest BCUT2D eigenvalue weighted by molar-refractivity contribution is 6.35. The largest absolute Gasteiger partial charge is 0.487 e. The van der Waals surface area contributed by atoms with Crippen molar-refractivity contribution in [3.8, 4) is 17.6 Å². The number of benzene rings is 1. The summed E-state index contributed by atoms with van der Waals surface area (Å²) >= 11 is 17.7. The molecule has 0 amide bonds. The molecule has 0 saturated heterocycles. The van der Waals surface area contributed by atoms with Gasteiger partial charge in [-0.2, -0.15) is 0 Å². The topological polar surface area (TPSA) is 22.1 Å². The minimum absolute atomic E-state index is 0.270. The lowest BCUT2D eigenvalue weighted by molar-refractivity contribution is 0.305. The van der Waals surface area contributed by atoms with Gasteiger partial charge in [-0.05, 0) is 18.2 Å². The van der Waals surface area contributed by atoms with Crippen molar-refractivity contribution in [2.24, 2.45) is 0 Å². The van der Waals surface area contributed by atoms with Crippen LogP contribution in [0.15, 0.2) is 36.7 Å². The second kappa shape index (κ2) is 7.40. The highest BCUT2D eigenvalue weighted by Crippen LogP contribution is 2.25. The van der Waals surface area contributed by atoms with E-state index >= 15 is 0 Å². The number of hydrogen-bond donors (Lipinski definition) is 0. The Bertz CT molecular complexity index is 641. The van der Waals surface area contributed by atoms with Crippen LogP contribution < -0.4 is 4.74 Å². The summed E-state index contributed by atoms with van der Waals surface area (Å²) in [4.78, 5) is 4.06. The normalized spacial score (nSPS) is 9.75. The molecule has 0 aliphatic rings. The van der Waals surface area contributed by atoms with Gasteiger partial charge in [0.15, 0.2) is 0 Å². The summed E-state index contributed by atoms with van der Waals surface area (Å²) in [6.07, 6.45) is 3.26. The van der Waals surface area contributed by atoms with Crippen molar-refractivity contribution in [3.63, 3.8) is 0 Å². The lowest BCUT2D eigenvalue weighted by Gasteiger charge is -2.09. The fourth-order valence-electron chi connectivity index (χ4n) is 1.53. The van der Waals surface area contributed by atoms with E-state index in [1.807, 2.05) is 0 Å². The molecule has 1 aromatic heterocycles. The van der Waals surface area contributed by atoms with Gasteiger partial charge in [0.2, 0.25) is 0 Å². The van der Waals surface area contributed by atoms with Crippen molar-refractivity contribution in [1.82, 2.24) is 4.98 Å². The van der Waals surface area contributed by atoms with Crippen molar-refractivity contribution >= 4 is 34.8 Å². The van der Waals surface area contributed by atoms with Gasteiger partial charge >= 0.3 is 0 Å². The number of alkyl halides is 1. The minimum Gasteiger partial charge on any atom is -0.487 e. The third kappa shape index (κ3) is 4.05. The zero-order chi connectivity index (χ0) is 14.4. The molecule has 102 valence electrons. The summed E-state index contributed by atoms with van der Waals surface area (Å²) < 4.78 is 5.64. The Hall–Kier alpha value is -1.40. The average Bonchev–Trinajstić information content (AvgIpc) is 2.45. The molecule has 0 saturated carbocycles. The number of hydrogen-bond acceptors (Lipinski definition) is 2. The number of ether oxygens (including phenoxy) is 1. The number of halogens is 3. The zero-order valence-corrected chi connectivity index (χ0v) is 12.6. The summed E-state index contributed by atoms with van der Waals surface area (Å²) in [5, 5.41) is 1.15. The van der Waals surface area contributed by atoms with Gasteiger partial charge in [0.25, 0.3) is 0 Å². The van der Waals surface area contributed by atoms with E-state index in [9.17, 15) is 0 Å². The molecule has 5 heteroatoms. The Morgan fingerprint density at radius 3 is 2.60 bits per heavy atom. The van der Waals surface area contributed by atoms with E-state index in [2.05, 4.69) is 16.8 Å². The maximum absolute atomic E-state index is 6.08. The summed E-state index contributed by atoms with van der Waals surface area (Å²) in [7, 11) is 0. The first kappa shape index (κ1) is 15.0. The number of aromatic nitrogens is 1. The van der Waals surface area contributed by atoms with Crippen molar-refractivity contribution in [2.75, 3.05) is 5.88 Å². The van der Waals surface area contributed by atoms with Crippen LogP contribution in [0.5, 0.6) is 5.75 Å². The first-order valence-corrected chi connectivity index (χ1v) is 7.05. The van der Waals surface area contributed by atoms with Crippen LogP contribution in [0, 0.1) is 11.8 Å².